The summed E-state index contributed by atoms with van der Waals surface area (Å²) in [7, 11) is 0. The minimum atomic E-state index is -1.76. The second-order valence-electron chi connectivity index (χ2n) is 16.0. The molecule has 0 spiro atoms. The fraction of sp³-hybridized carbons (Fsp3) is 0.304. The molecule has 378 valence electrons. The molecule has 0 aromatic heterocycles. The van der Waals surface area contributed by atoms with Crippen LogP contribution in [0, 0.1) is 34.1 Å². The molecule has 9 unspecified atom stereocenters. The molecule has 1 heterocycles. The minimum absolute atomic E-state index is 0.00257. The highest BCUT2D eigenvalue weighted by Crippen LogP contribution is 2.40. The van der Waals surface area contributed by atoms with Crippen LogP contribution in [0.15, 0.2) is 118 Å². The van der Waals surface area contributed by atoms with E-state index in [1.54, 1.807) is 18.2 Å². The summed E-state index contributed by atoms with van der Waals surface area (Å²) in [4.78, 5) is 20.3. The third-order valence-corrected chi connectivity index (χ3v) is 11.1. The van der Waals surface area contributed by atoms with Crippen LogP contribution >= 0.6 is 0 Å². The average Bonchev–Trinajstić information content (AvgIpc) is 3.35. The first-order valence-electron chi connectivity index (χ1n) is 21.3. The smallest absolute Gasteiger partial charge is 0.273 e. The molecule has 25 nitrogen and oxygen atoms in total. The minimum Gasteiger partial charge on any atom is -0.505 e. The van der Waals surface area contributed by atoms with Gasteiger partial charge >= 0.3 is 0 Å². The van der Waals surface area contributed by atoms with Crippen molar-refractivity contribution in [1.82, 2.24) is 0 Å². The van der Waals surface area contributed by atoms with Crippen molar-refractivity contribution in [3.05, 3.63) is 128 Å². The Morgan fingerprint density at radius 2 is 1.13 bits per heavy atom. The first-order chi connectivity index (χ1) is 33.7. The molecule has 1 aliphatic heterocycles. The molecule has 0 amide bonds. The van der Waals surface area contributed by atoms with E-state index in [1.807, 2.05) is 56.3 Å². The van der Waals surface area contributed by atoms with Crippen LogP contribution in [0.1, 0.15) is 11.1 Å². The van der Waals surface area contributed by atoms with Gasteiger partial charge in [-0.3, -0.25) is 20.2 Å². The van der Waals surface area contributed by atoms with Gasteiger partial charge in [0.05, 0.1) is 52.7 Å². The fourth-order valence-electron chi connectivity index (χ4n) is 6.98. The highest BCUT2D eigenvalue weighted by atomic mass is 16.6. The maximum absolute atomic E-state index is 10.9. The van der Waals surface area contributed by atoms with Crippen molar-refractivity contribution in [3.63, 3.8) is 0 Å². The number of phenolic OH excluding ortho intramolecular Hbond substituents is 2. The SMILES string of the molecule is Cc1cccc2c(N=Nc3ccc([N+](=O)[O-])cc3O)c(N)ccc12.Cc1cccc2c(N=Nc3ccc([N+](=O)[O-])cc3O)c(NCC(O)C(O)C(O)C(O)CO)ccc12.OCC1OC(O)C(O)C(O)C1O. The zero-order valence-electron chi connectivity index (χ0n) is 37.7. The van der Waals surface area contributed by atoms with Gasteiger partial charge in [0.25, 0.3) is 11.4 Å². The quantitative estimate of drug-likeness (QED) is 0.0321. The van der Waals surface area contributed by atoms with Crippen molar-refractivity contribution in [2.45, 2.75) is 69.0 Å². The molecule has 15 N–H and O–H groups in total. The number of ether oxygens (including phenoxy) is 1. The van der Waals surface area contributed by atoms with Gasteiger partial charge < -0.3 is 77.1 Å². The first-order valence-corrected chi connectivity index (χ1v) is 21.3. The summed E-state index contributed by atoms with van der Waals surface area (Å²) in [5, 5.41) is 157. The molecule has 71 heavy (non-hydrogen) atoms. The number of phenols is 2. The van der Waals surface area contributed by atoms with Gasteiger partial charge in [-0.05, 0) is 60.0 Å². The van der Waals surface area contributed by atoms with Crippen LogP contribution in [0.5, 0.6) is 11.5 Å². The average molecular weight is 989 g/mol. The number of hydrogen-bond acceptors (Lipinski definition) is 23. The highest BCUT2D eigenvalue weighted by Gasteiger charge is 2.42. The van der Waals surface area contributed by atoms with E-state index in [9.17, 15) is 50.9 Å². The van der Waals surface area contributed by atoms with E-state index in [1.165, 1.54) is 24.3 Å². The Bertz CT molecular complexity index is 2890. The van der Waals surface area contributed by atoms with Gasteiger partial charge in [-0.1, -0.05) is 48.5 Å². The normalized spacial score (nSPS) is 19.6. The fourth-order valence-corrected chi connectivity index (χ4v) is 6.98. The summed E-state index contributed by atoms with van der Waals surface area (Å²) in [6, 6.07) is 25.5. The van der Waals surface area contributed by atoms with E-state index in [4.69, 9.17) is 36.4 Å². The van der Waals surface area contributed by atoms with Crippen LogP contribution in [0.25, 0.3) is 21.5 Å². The number of anilines is 2. The lowest BCUT2D eigenvalue weighted by atomic mass is 10.00. The Hall–Kier alpha value is -7.40. The monoisotopic (exact) mass is 988 g/mol. The summed E-state index contributed by atoms with van der Waals surface area (Å²) in [5.41, 5.74) is 9.34. The van der Waals surface area contributed by atoms with Gasteiger partial charge in [0, 0.05) is 29.4 Å². The maximum Gasteiger partial charge on any atom is 0.273 e. The summed E-state index contributed by atoms with van der Waals surface area (Å²) >= 11 is 0. The lowest BCUT2D eigenvalue weighted by molar-refractivity contribution is -0.385. The maximum atomic E-state index is 10.9. The standard InChI is InChI=1S/C23H26N4O8.C17H14N4O3.C6H12O6/c1-12-3-2-4-15-14(12)6-8-17(24-10-19(30)22(32)23(33)20(31)11-28)21(15)26-25-16-7-5-13(27(34)35)9-18(16)29;1-10-3-2-4-13-12(10)6-7-14(18)17(13)20-19-15-8-5-11(21(23)24)9-16(15)22;7-1-2-3(8)4(9)5(10)6(11)12-2/h2-9,19-20,22-24,28-33H,10-11H2,1H3;2-9,22H,18H2,1H3;2-11H,1H2. The Balaban J connectivity index is 0.000000223. The number of nitrogens with two attached hydrogens (primary N) is 1. The van der Waals surface area contributed by atoms with Crippen LogP contribution in [0.2, 0.25) is 0 Å². The van der Waals surface area contributed by atoms with Gasteiger partial charge in [0.15, 0.2) is 6.29 Å². The van der Waals surface area contributed by atoms with Crippen molar-refractivity contribution in [3.8, 4) is 11.5 Å². The number of aliphatic hydroxyl groups excluding tert-OH is 10. The number of aryl methyl sites for hydroxylation is 2. The van der Waals surface area contributed by atoms with E-state index in [0.29, 0.717) is 28.1 Å². The Morgan fingerprint density at radius 3 is 1.62 bits per heavy atom. The number of nitrogen functional groups attached to an aromatic ring is 1. The van der Waals surface area contributed by atoms with E-state index in [0.717, 1.165) is 39.4 Å². The second-order valence-corrected chi connectivity index (χ2v) is 16.0. The molecule has 6 aromatic rings. The number of nitro groups is 2. The Morgan fingerprint density at radius 1 is 0.634 bits per heavy atom. The predicted octanol–water partition coefficient (Wildman–Crippen LogP) is 3.56. The van der Waals surface area contributed by atoms with Gasteiger partial charge in [0.2, 0.25) is 0 Å². The van der Waals surface area contributed by atoms with Crippen LogP contribution in [0.4, 0.5) is 45.5 Å². The molecule has 0 aliphatic carbocycles. The Kier molecular flexibility index (Phi) is 18.8. The number of aliphatic hydroxyl groups is 10. The van der Waals surface area contributed by atoms with E-state index in [-0.39, 0.29) is 35.0 Å². The van der Waals surface area contributed by atoms with Crippen molar-refractivity contribution in [2.24, 2.45) is 20.5 Å². The molecule has 0 saturated carbocycles. The number of aromatic hydroxyl groups is 2. The molecule has 9 atom stereocenters. The predicted molar refractivity (Wildman–Crippen MR) is 255 cm³/mol. The number of non-ortho nitro benzene ring substituents is 2. The lowest BCUT2D eigenvalue weighted by Gasteiger charge is -2.37. The third kappa shape index (κ3) is 13.3. The zero-order chi connectivity index (χ0) is 52.3. The molecule has 1 aliphatic rings. The molecular weight excluding hydrogens is 937 g/mol. The highest BCUT2D eigenvalue weighted by molar-refractivity contribution is 6.00. The first kappa shape index (κ1) is 54.5. The van der Waals surface area contributed by atoms with Crippen LogP contribution in [-0.4, -0.2) is 146 Å². The number of nitro benzene ring substituents is 2. The number of rotatable bonds is 14. The van der Waals surface area contributed by atoms with E-state index in [2.05, 4.69) is 30.5 Å². The third-order valence-electron chi connectivity index (χ3n) is 11.1. The van der Waals surface area contributed by atoms with Crippen LogP contribution < -0.4 is 11.1 Å². The molecular formula is C46H52N8O17. The topological polar surface area (TPSA) is 426 Å². The zero-order valence-corrected chi connectivity index (χ0v) is 37.7. The van der Waals surface area contributed by atoms with Crippen molar-refractivity contribution in [2.75, 3.05) is 30.8 Å². The van der Waals surface area contributed by atoms with Gasteiger partial charge in [0.1, 0.15) is 77.0 Å². The summed E-state index contributed by atoms with van der Waals surface area (Å²) in [5.74, 6) is -0.744. The molecule has 7 rings (SSSR count). The van der Waals surface area contributed by atoms with Crippen molar-refractivity contribution < 1.29 is 75.9 Å². The molecule has 25 heteroatoms. The summed E-state index contributed by atoms with van der Waals surface area (Å²) < 4.78 is 4.58. The Labute approximate surface area is 402 Å². The van der Waals surface area contributed by atoms with Gasteiger partial charge in [-0.25, -0.2) is 0 Å². The number of azo groups is 2. The van der Waals surface area contributed by atoms with E-state index >= 15 is 0 Å². The number of nitrogens with one attached hydrogen (secondary N) is 1. The lowest BCUT2D eigenvalue weighted by Crippen LogP contribution is -2.58. The number of benzene rings is 6. The van der Waals surface area contributed by atoms with Crippen molar-refractivity contribution >= 4 is 67.0 Å². The molecule has 1 saturated heterocycles. The number of nitrogens with zero attached hydrogens (tertiary/aromatic N) is 6. The second kappa shape index (κ2) is 24.4. The summed E-state index contributed by atoms with van der Waals surface area (Å²) in [6.45, 7) is 2.33. The van der Waals surface area contributed by atoms with E-state index < -0.39 is 83.9 Å². The van der Waals surface area contributed by atoms with Gasteiger partial charge in [-0.15, -0.1) is 20.5 Å². The molecule has 0 bridgehead atoms. The van der Waals surface area contributed by atoms with Crippen LogP contribution in [-0.2, 0) is 4.74 Å². The molecule has 1 fully saturated rings. The van der Waals surface area contributed by atoms with Gasteiger partial charge in [-0.2, -0.15) is 0 Å². The molecule has 6 aromatic carbocycles. The van der Waals surface area contributed by atoms with Crippen LogP contribution in [0.3, 0.4) is 0 Å². The molecule has 0 radical (unpaired) electrons. The van der Waals surface area contributed by atoms with Crippen molar-refractivity contribution in [1.29, 1.82) is 0 Å². The number of hydrogen-bond donors (Lipinski definition) is 14. The summed E-state index contributed by atoms with van der Waals surface area (Å²) in [6.07, 6.45) is -13.7. The number of fused-ring (bicyclic) bond motifs is 2. The largest absolute Gasteiger partial charge is 0.505 e.